The van der Waals surface area contributed by atoms with Gasteiger partial charge in [-0.25, -0.2) is 0 Å². The van der Waals surface area contributed by atoms with Gasteiger partial charge < -0.3 is 9.47 Å². The molecule has 2 aliphatic heterocycles. The van der Waals surface area contributed by atoms with Gasteiger partial charge in [-0.05, 0) is 43.0 Å². The average Bonchev–Trinajstić information content (AvgIpc) is 2.64. The molecule has 2 atom stereocenters. The van der Waals surface area contributed by atoms with Crippen LogP contribution >= 0.6 is 0 Å². The van der Waals surface area contributed by atoms with Gasteiger partial charge in [-0.2, -0.15) is 0 Å². The van der Waals surface area contributed by atoms with Gasteiger partial charge in [0.25, 0.3) is 11.5 Å². The molecule has 0 N–H and O–H groups in total. The minimum Gasteiger partial charge on any atom is -0.338 e. The van der Waals surface area contributed by atoms with Crippen molar-refractivity contribution >= 4 is 12.0 Å². The third-order valence-corrected chi connectivity index (χ3v) is 5.18. The van der Waals surface area contributed by atoms with Gasteiger partial charge in [0.05, 0.1) is 0 Å². The molecule has 1 saturated heterocycles. The predicted octanol–water partition coefficient (Wildman–Crippen LogP) is 2.54. The lowest BCUT2D eigenvalue weighted by atomic mass is 9.81. The Hall–Kier alpha value is -2.69. The fraction of sp³-hybridized carbons (Fsp3) is 0.350. The number of carbonyl (C=O) groups is 1. The molecular weight excluding hydrogens is 314 g/mol. The molecule has 5 nitrogen and oxygen atoms in total. The van der Waals surface area contributed by atoms with E-state index in [0.29, 0.717) is 31.1 Å². The Kier molecular flexibility index (Phi) is 3.99. The van der Waals surface area contributed by atoms with Crippen LogP contribution in [0.25, 0.3) is 6.08 Å². The van der Waals surface area contributed by atoms with Crippen molar-refractivity contribution in [3.05, 3.63) is 69.9 Å². The van der Waals surface area contributed by atoms with Gasteiger partial charge in [-0.3, -0.25) is 14.6 Å². The van der Waals surface area contributed by atoms with Crippen molar-refractivity contribution in [3.8, 4) is 0 Å². The van der Waals surface area contributed by atoms with Gasteiger partial charge in [0, 0.05) is 55.3 Å². The number of hydrogen-bond donors (Lipinski definition) is 0. The Morgan fingerprint density at radius 1 is 1.16 bits per heavy atom. The number of aromatic nitrogens is 2. The maximum Gasteiger partial charge on any atom is 0.253 e. The maximum atomic E-state index is 12.8. The fourth-order valence-electron chi connectivity index (χ4n) is 4.21. The third-order valence-electron chi connectivity index (χ3n) is 5.18. The highest BCUT2D eigenvalue weighted by molar-refractivity contribution is 5.94. The lowest BCUT2D eigenvalue weighted by Gasteiger charge is -2.43. The summed E-state index contributed by atoms with van der Waals surface area (Å²) in [5.74, 6) is 0.588. The minimum atomic E-state index is 0.0522. The van der Waals surface area contributed by atoms with Crippen molar-refractivity contribution in [1.82, 2.24) is 14.5 Å². The average molecular weight is 335 g/mol. The van der Waals surface area contributed by atoms with Crippen LogP contribution < -0.4 is 5.56 Å². The number of allylic oxidation sites excluding steroid dienone is 1. The summed E-state index contributed by atoms with van der Waals surface area (Å²) in [6.45, 7) is 4.03. The first kappa shape index (κ1) is 15.8. The lowest BCUT2D eigenvalue weighted by molar-refractivity contribution is 0.0594. The smallest absolute Gasteiger partial charge is 0.253 e. The van der Waals surface area contributed by atoms with Gasteiger partial charge in [-0.1, -0.05) is 12.2 Å². The van der Waals surface area contributed by atoms with E-state index >= 15 is 0 Å². The molecule has 0 saturated carbocycles. The second kappa shape index (κ2) is 6.31. The number of carbonyl (C=O) groups excluding carboxylic acids is 1. The molecule has 25 heavy (non-hydrogen) atoms. The van der Waals surface area contributed by atoms with E-state index in [2.05, 4.69) is 11.1 Å². The van der Waals surface area contributed by atoms with Crippen molar-refractivity contribution in [3.63, 3.8) is 0 Å². The lowest BCUT2D eigenvalue weighted by Crippen LogP contribution is -2.49. The zero-order valence-electron chi connectivity index (χ0n) is 14.3. The van der Waals surface area contributed by atoms with E-state index in [9.17, 15) is 9.59 Å². The highest BCUT2D eigenvalue weighted by Gasteiger charge is 2.37. The van der Waals surface area contributed by atoms with E-state index in [1.807, 2.05) is 28.5 Å². The van der Waals surface area contributed by atoms with E-state index < -0.39 is 0 Å². The van der Waals surface area contributed by atoms with E-state index in [1.54, 1.807) is 30.6 Å². The number of likely N-dealkylation sites (tertiary alicyclic amines) is 1. The molecule has 2 aromatic heterocycles. The van der Waals surface area contributed by atoms with Gasteiger partial charge >= 0.3 is 0 Å². The molecule has 2 unspecified atom stereocenters. The molecule has 2 aromatic rings. The largest absolute Gasteiger partial charge is 0.338 e. The summed E-state index contributed by atoms with van der Waals surface area (Å²) in [4.78, 5) is 31.1. The van der Waals surface area contributed by atoms with Crippen LogP contribution in [0.1, 0.15) is 40.9 Å². The Balaban J connectivity index is 1.70. The van der Waals surface area contributed by atoms with Crippen molar-refractivity contribution in [2.24, 2.45) is 5.92 Å². The first-order chi connectivity index (χ1) is 12.2. The van der Waals surface area contributed by atoms with E-state index in [-0.39, 0.29) is 17.4 Å². The standard InChI is InChI=1S/C20H21N3O2/c1-2-3-15-4-5-18(24)23-12-14-10-17(19(15)23)13-22(11-14)20(25)16-6-8-21-9-7-16/h2-9,14,17H,10-13H2,1H3. The number of hydrogen-bond acceptors (Lipinski definition) is 3. The van der Waals surface area contributed by atoms with E-state index in [4.69, 9.17) is 0 Å². The minimum absolute atomic E-state index is 0.0522. The Bertz CT molecular complexity index is 886. The van der Waals surface area contributed by atoms with Crippen LogP contribution in [0.2, 0.25) is 0 Å². The third kappa shape index (κ3) is 2.80. The van der Waals surface area contributed by atoms with Crippen LogP contribution in [-0.2, 0) is 6.54 Å². The molecule has 2 bridgehead atoms. The quantitative estimate of drug-likeness (QED) is 0.847. The molecule has 4 rings (SSSR count). The van der Waals surface area contributed by atoms with Crippen molar-refractivity contribution in [2.75, 3.05) is 13.1 Å². The topological polar surface area (TPSA) is 55.2 Å². The summed E-state index contributed by atoms with van der Waals surface area (Å²) in [7, 11) is 0. The molecule has 1 amide bonds. The summed E-state index contributed by atoms with van der Waals surface area (Å²) in [5, 5.41) is 0. The summed E-state index contributed by atoms with van der Waals surface area (Å²) >= 11 is 0. The summed E-state index contributed by atoms with van der Waals surface area (Å²) in [6.07, 6.45) is 8.38. The summed E-state index contributed by atoms with van der Waals surface area (Å²) < 4.78 is 1.92. The van der Waals surface area contributed by atoms with Crippen molar-refractivity contribution < 1.29 is 4.79 Å². The normalized spacial score (nSPS) is 22.0. The number of pyridine rings is 2. The van der Waals surface area contributed by atoms with Gasteiger partial charge in [0.2, 0.25) is 0 Å². The molecule has 5 heteroatoms. The molecule has 4 heterocycles. The Labute approximate surface area is 146 Å². The first-order valence-electron chi connectivity index (χ1n) is 8.73. The molecule has 0 radical (unpaired) electrons. The van der Waals surface area contributed by atoms with Gasteiger partial charge in [0.15, 0.2) is 0 Å². The molecule has 1 fully saturated rings. The van der Waals surface area contributed by atoms with Crippen LogP contribution in [0.3, 0.4) is 0 Å². The Morgan fingerprint density at radius 2 is 1.96 bits per heavy atom. The van der Waals surface area contributed by atoms with E-state index in [1.165, 1.54) is 0 Å². The number of fused-ring (bicyclic) bond motifs is 4. The highest BCUT2D eigenvalue weighted by atomic mass is 16.2. The molecule has 2 aliphatic rings. The predicted molar refractivity (Wildman–Crippen MR) is 96.4 cm³/mol. The number of piperidine rings is 1. The molecule has 0 aliphatic carbocycles. The number of amides is 1. The zero-order chi connectivity index (χ0) is 17.4. The van der Waals surface area contributed by atoms with Crippen LogP contribution in [-0.4, -0.2) is 33.4 Å². The monoisotopic (exact) mass is 335 g/mol. The van der Waals surface area contributed by atoms with Crippen LogP contribution in [0.4, 0.5) is 0 Å². The van der Waals surface area contributed by atoms with Gasteiger partial charge in [-0.15, -0.1) is 0 Å². The maximum absolute atomic E-state index is 12.8. The summed E-state index contributed by atoms with van der Waals surface area (Å²) in [6, 6.07) is 7.07. The SMILES string of the molecule is CC=Cc1ccc(=O)n2c1C1CC(CN(C(=O)c3ccncc3)C1)C2. The van der Waals surface area contributed by atoms with Crippen molar-refractivity contribution in [2.45, 2.75) is 25.8 Å². The highest BCUT2D eigenvalue weighted by Crippen LogP contribution is 2.37. The van der Waals surface area contributed by atoms with Crippen LogP contribution in [0.15, 0.2) is 47.5 Å². The first-order valence-corrected chi connectivity index (χ1v) is 8.73. The molecule has 128 valence electrons. The van der Waals surface area contributed by atoms with E-state index in [0.717, 1.165) is 17.7 Å². The van der Waals surface area contributed by atoms with Crippen LogP contribution in [0, 0.1) is 5.92 Å². The van der Waals surface area contributed by atoms with Crippen LogP contribution in [0.5, 0.6) is 0 Å². The molecule has 0 spiro atoms. The second-order valence-electron chi connectivity index (χ2n) is 6.87. The number of rotatable bonds is 2. The number of nitrogens with zero attached hydrogens (tertiary/aromatic N) is 3. The van der Waals surface area contributed by atoms with Gasteiger partial charge in [0.1, 0.15) is 0 Å². The fourth-order valence-corrected chi connectivity index (χ4v) is 4.21. The Morgan fingerprint density at radius 3 is 2.72 bits per heavy atom. The van der Waals surface area contributed by atoms with Crippen molar-refractivity contribution in [1.29, 1.82) is 0 Å². The second-order valence-corrected chi connectivity index (χ2v) is 6.87. The zero-order valence-corrected chi connectivity index (χ0v) is 14.3. The molecular formula is C20H21N3O2. The summed E-state index contributed by atoms with van der Waals surface area (Å²) in [5.41, 5.74) is 2.90. The molecule has 0 aromatic carbocycles.